The van der Waals surface area contributed by atoms with E-state index in [2.05, 4.69) is 39.5 Å². The second kappa shape index (κ2) is 6.17. The third-order valence-electron chi connectivity index (χ3n) is 3.06. The van der Waals surface area contributed by atoms with Crippen molar-refractivity contribution in [3.63, 3.8) is 0 Å². The Labute approximate surface area is 123 Å². The zero-order chi connectivity index (χ0) is 14.7. The lowest BCUT2D eigenvalue weighted by atomic mass is 10.2. The van der Waals surface area contributed by atoms with Gasteiger partial charge in [-0.3, -0.25) is 0 Å². The molecule has 2 heterocycles. The summed E-state index contributed by atoms with van der Waals surface area (Å²) >= 11 is 1.68. The average molecular weight is 291 g/mol. The standard InChI is InChI=1S/C14H21N5S/c1-8(2)13-18-12(15)9(3)14(19-13)16-6-5-11-7-20-10(4)17-11/h7-8H,5-6H2,1-4H3,(H3,15,16,18,19). The zero-order valence-corrected chi connectivity index (χ0v) is 13.2. The molecule has 0 unspecified atom stereocenters. The third kappa shape index (κ3) is 3.45. The Balaban J connectivity index is 2.05. The third-order valence-corrected chi connectivity index (χ3v) is 3.88. The SMILES string of the molecule is Cc1nc(CCNc2nc(C(C)C)nc(N)c2C)cs1. The van der Waals surface area contributed by atoms with Crippen molar-refractivity contribution in [2.24, 2.45) is 0 Å². The molecule has 5 nitrogen and oxygen atoms in total. The molecule has 0 fully saturated rings. The minimum atomic E-state index is 0.264. The van der Waals surface area contributed by atoms with Gasteiger partial charge in [-0.25, -0.2) is 15.0 Å². The van der Waals surface area contributed by atoms with Crippen LogP contribution in [-0.2, 0) is 6.42 Å². The lowest BCUT2D eigenvalue weighted by Gasteiger charge is -2.13. The highest BCUT2D eigenvalue weighted by Gasteiger charge is 2.11. The highest BCUT2D eigenvalue weighted by molar-refractivity contribution is 7.09. The molecule has 0 saturated carbocycles. The van der Waals surface area contributed by atoms with Gasteiger partial charge >= 0.3 is 0 Å². The summed E-state index contributed by atoms with van der Waals surface area (Å²) in [5.74, 6) is 2.42. The molecule has 0 atom stereocenters. The molecule has 0 spiro atoms. The first-order valence-electron chi connectivity index (χ1n) is 6.76. The number of nitrogens with two attached hydrogens (primary N) is 1. The number of hydrogen-bond donors (Lipinski definition) is 2. The molecule has 0 aliphatic heterocycles. The maximum atomic E-state index is 5.94. The van der Waals surface area contributed by atoms with Crippen LogP contribution in [0.15, 0.2) is 5.38 Å². The van der Waals surface area contributed by atoms with E-state index in [1.54, 1.807) is 11.3 Å². The van der Waals surface area contributed by atoms with Crippen LogP contribution in [0.3, 0.4) is 0 Å². The van der Waals surface area contributed by atoms with E-state index >= 15 is 0 Å². The fourth-order valence-corrected chi connectivity index (χ4v) is 2.46. The molecule has 0 saturated heterocycles. The summed E-state index contributed by atoms with van der Waals surface area (Å²) in [6, 6.07) is 0. The zero-order valence-electron chi connectivity index (χ0n) is 12.4. The molecular weight excluding hydrogens is 270 g/mol. The summed E-state index contributed by atoms with van der Waals surface area (Å²) in [6.45, 7) is 8.87. The molecule has 2 rings (SSSR count). The van der Waals surface area contributed by atoms with Gasteiger partial charge in [0, 0.05) is 29.8 Å². The van der Waals surface area contributed by atoms with Gasteiger partial charge in [0.2, 0.25) is 0 Å². The highest BCUT2D eigenvalue weighted by atomic mass is 32.1. The van der Waals surface area contributed by atoms with Crippen LogP contribution >= 0.6 is 11.3 Å². The number of aromatic nitrogens is 3. The minimum Gasteiger partial charge on any atom is -0.383 e. The van der Waals surface area contributed by atoms with Crippen LogP contribution in [0.1, 0.15) is 41.9 Å². The molecule has 0 amide bonds. The van der Waals surface area contributed by atoms with Crippen molar-refractivity contribution in [2.75, 3.05) is 17.6 Å². The molecule has 3 N–H and O–H groups in total. The molecule has 0 radical (unpaired) electrons. The fraction of sp³-hybridized carbons (Fsp3) is 0.500. The monoisotopic (exact) mass is 291 g/mol. The van der Waals surface area contributed by atoms with Crippen LogP contribution in [0, 0.1) is 13.8 Å². The number of nitrogens with zero attached hydrogens (tertiary/aromatic N) is 3. The largest absolute Gasteiger partial charge is 0.383 e. The van der Waals surface area contributed by atoms with Gasteiger partial charge in [-0.15, -0.1) is 11.3 Å². The summed E-state index contributed by atoms with van der Waals surface area (Å²) in [6.07, 6.45) is 0.880. The Hall–Kier alpha value is -1.69. The van der Waals surface area contributed by atoms with Crippen LogP contribution in [0.25, 0.3) is 0 Å². The molecule has 20 heavy (non-hydrogen) atoms. The number of rotatable bonds is 5. The summed E-state index contributed by atoms with van der Waals surface area (Å²) in [7, 11) is 0. The van der Waals surface area contributed by atoms with E-state index < -0.39 is 0 Å². The topological polar surface area (TPSA) is 76.7 Å². The average Bonchev–Trinajstić information content (AvgIpc) is 2.80. The Morgan fingerprint density at radius 2 is 2.00 bits per heavy atom. The molecule has 6 heteroatoms. The predicted molar refractivity (Wildman–Crippen MR) is 84.3 cm³/mol. The van der Waals surface area contributed by atoms with E-state index in [0.29, 0.717) is 5.82 Å². The smallest absolute Gasteiger partial charge is 0.135 e. The van der Waals surface area contributed by atoms with Crippen molar-refractivity contribution in [3.8, 4) is 0 Å². The molecule has 108 valence electrons. The van der Waals surface area contributed by atoms with Crippen molar-refractivity contribution in [2.45, 2.75) is 40.0 Å². The highest BCUT2D eigenvalue weighted by Crippen LogP contribution is 2.20. The number of nitrogen functional groups attached to an aromatic ring is 1. The predicted octanol–water partition coefficient (Wildman–Crippen LogP) is 2.91. The molecule has 2 aromatic rings. The van der Waals surface area contributed by atoms with Gasteiger partial charge in [0.1, 0.15) is 17.5 Å². The maximum absolute atomic E-state index is 5.94. The van der Waals surface area contributed by atoms with Crippen LogP contribution in [-0.4, -0.2) is 21.5 Å². The van der Waals surface area contributed by atoms with Crippen LogP contribution in [0.2, 0.25) is 0 Å². The number of aryl methyl sites for hydroxylation is 1. The lowest BCUT2D eigenvalue weighted by Crippen LogP contribution is -2.12. The van der Waals surface area contributed by atoms with E-state index in [1.165, 1.54) is 0 Å². The van der Waals surface area contributed by atoms with Crippen molar-refractivity contribution < 1.29 is 0 Å². The fourth-order valence-electron chi connectivity index (χ4n) is 1.81. The molecule has 0 bridgehead atoms. The van der Waals surface area contributed by atoms with Gasteiger partial charge in [-0.1, -0.05) is 13.8 Å². The second-order valence-corrected chi connectivity index (χ2v) is 6.19. The van der Waals surface area contributed by atoms with Crippen LogP contribution in [0.5, 0.6) is 0 Å². The first kappa shape index (κ1) is 14.7. The molecule has 2 aromatic heterocycles. The van der Waals surface area contributed by atoms with Crippen LogP contribution in [0.4, 0.5) is 11.6 Å². The van der Waals surface area contributed by atoms with Crippen molar-refractivity contribution in [1.29, 1.82) is 0 Å². The quantitative estimate of drug-likeness (QED) is 0.885. The van der Waals surface area contributed by atoms with E-state index in [-0.39, 0.29) is 5.92 Å². The lowest BCUT2D eigenvalue weighted by molar-refractivity contribution is 0.773. The van der Waals surface area contributed by atoms with Gasteiger partial charge in [0.25, 0.3) is 0 Å². The molecule has 0 aliphatic carbocycles. The van der Waals surface area contributed by atoms with Gasteiger partial charge in [-0.2, -0.15) is 0 Å². The molecular formula is C14H21N5S. The van der Waals surface area contributed by atoms with Gasteiger partial charge in [0.15, 0.2) is 0 Å². The Bertz CT molecular complexity index is 591. The second-order valence-electron chi connectivity index (χ2n) is 5.13. The van der Waals surface area contributed by atoms with Crippen molar-refractivity contribution in [1.82, 2.24) is 15.0 Å². The number of anilines is 2. The summed E-state index contributed by atoms with van der Waals surface area (Å²) < 4.78 is 0. The first-order chi connectivity index (χ1) is 9.47. The Morgan fingerprint density at radius 1 is 1.25 bits per heavy atom. The first-order valence-corrected chi connectivity index (χ1v) is 7.64. The van der Waals surface area contributed by atoms with Gasteiger partial charge < -0.3 is 11.1 Å². The van der Waals surface area contributed by atoms with E-state index in [1.807, 2.05) is 13.8 Å². The van der Waals surface area contributed by atoms with E-state index in [4.69, 9.17) is 5.73 Å². The van der Waals surface area contributed by atoms with Gasteiger partial charge in [-0.05, 0) is 13.8 Å². The van der Waals surface area contributed by atoms with E-state index in [9.17, 15) is 0 Å². The van der Waals surface area contributed by atoms with Crippen molar-refractivity contribution in [3.05, 3.63) is 27.5 Å². The maximum Gasteiger partial charge on any atom is 0.135 e. The number of hydrogen-bond acceptors (Lipinski definition) is 6. The summed E-state index contributed by atoms with van der Waals surface area (Å²) in [4.78, 5) is 13.3. The van der Waals surface area contributed by atoms with E-state index in [0.717, 1.165) is 40.9 Å². The Kier molecular flexibility index (Phi) is 4.54. The van der Waals surface area contributed by atoms with Crippen molar-refractivity contribution >= 4 is 23.0 Å². The normalized spacial score (nSPS) is 11.1. The number of thiazole rings is 1. The minimum absolute atomic E-state index is 0.264. The van der Waals surface area contributed by atoms with Gasteiger partial charge in [0.05, 0.1) is 10.7 Å². The summed E-state index contributed by atoms with van der Waals surface area (Å²) in [5, 5.41) is 6.54. The number of nitrogens with one attached hydrogen (secondary N) is 1. The summed E-state index contributed by atoms with van der Waals surface area (Å²) in [5.41, 5.74) is 7.96. The molecule has 0 aromatic carbocycles. The van der Waals surface area contributed by atoms with Crippen LogP contribution < -0.4 is 11.1 Å². The molecule has 0 aliphatic rings. The Morgan fingerprint density at radius 3 is 2.60 bits per heavy atom.